The van der Waals surface area contributed by atoms with Gasteiger partial charge in [0.1, 0.15) is 0 Å². The quantitative estimate of drug-likeness (QED) is 0.852. The highest BCUT2D eigenvalue weighted by molar-refractivity contribution is 5.39. The van der Waals surface area contributed by atoms with E-state index in [1.165, 1.54) is 22.3 Å². The molecule has 0 aromatic heterocycles. The molecule has 1 heteroatoms. The third kappa shape index (κ3) is 3.10. The maximum Gasteiger partial charge on any atom is 0.0637 e. The van der Waals surface area contributed by atoms with E-state index < -0.39 is 5.54 Å². The predicted molar refractivity (Wildman–Crippen MR) is 86.9 cm³/mol. The van der Waals surface area contributed by atoms with Gasteiger partial charge >= 0.3 is 0 Å². The van der Waals surface area contributed by atoms with Gasteiger partial charge in [0, 0.05) is 0 Å². The second kappa shape index (κ2) is 6.23. The van der Waals surface area contributed by atoms with Crippen molar-refractivity contribution < 1.29 is 0 Å². The average molecular weight is 267 g/mol. The normalized spacial score (nSPS) is 14.0. The van der Waals surface area contributed by atoms with Gasteiger partial charge in [-0.15, -0.1) is 0 Å². The van der Waals surface area contributed by atoms with Gasteiger partial charge in [0.25, 0.3) is 0 Å². The summed E-state index contributed by atoms with van der Waals surface area (Å²) < 4.78 is 0. The highest BCUT2D eigenvalue weighted by atomic mass is 14.7. The molecule has 0 saturated heterocycles. The van der Waals surface area contributed by atoms with Crippen LogP contribution in [0.15, 0.2) is 48.5 Å². The highest BCUT2D eigenvalue weighted by Gasteiger charge is 2.23. The van der Waals surface area contributed by atoms with Crippen LogP contribution in [0.1, 0.15) is 49.4 Å². The highest BCUT2D eigenvalue weighted by Crippen LogP contribution is 2.27. The van der Waals surface area contributed by atoms with Crippen LogP contribution in [0.2, 0.25) is 0 Å². The van der Waals surface area contributed by atoms with E-state index in [4.69, 9.17) is 5.73 Å². The van der Waals surface area contributed by atoms with Crippen LogP contribution in [-0.2, 0) is 18.4 Å². The second-order valence-corrected chi connectivity index (χ2v) is 5.70. The molecule has 0 heterocycles. The van der Waals surface area contributed by atoms with Gasteiger partial charge in [0.2, 0.25) is 0 Å². The summed E-state index contributed by atoms with van der Waals surface area (Å²) in [5, 5.41) is 0. The Bertz CT molecular complexity index is 552. The van der Waals surface area contributed by atoms with Crippen LogP contribution >= 0.6 is 0 Å². The zero-order valence-corrected chi connectivity index (χ0v) is 12.8. The number of aryl methyl sites for hydroxylation is 2. The van der Waals surface area contributed by atoms with Gasteiger partial charge in [0.15, 0.2) is 0 Å². The van der Waals surface area contributed by atoms with Crippen molar-refractivity contribution in [3.8, 4) is 0 Å². The minimum Gasteiger partial charge on any atom is -0.318 e. The van der Waals surface area contributed by atoms with Crippen molar-refractivity contribution in [2.45, 2.75) is 45.6 Å². The van der Waals surface area contributed by atoms with Crippen LogP contribution in [0.25, 0.3) is 0 Å². The molecule has 0 aliphatic heterocycles. The molecule has 2 aromatic rings. The SMILES string of the molecule is CCCc1cccc(C(C)(N)c2ccc(CC)cc2)c1. The third-order valence-electron chi connectivity index (χ3n) is 4.03. The maximum atomic E-state index is 6.62. The summed E-state index contributed by atoms with van der Waals surface area (Å²) >= 11 is 0. The van der Waals surface area contributed by atoms with Crippen molar-refractivity contribution >= 4 is 0 Å². The third-order valence-corrected chi connectivity index (χ3v) is 4.03. The minimum atomic E-state index is -0.435. The number of benzene rings is 2. The summed E-state index contributed by atoms with van der Waals surface area (Å²) in [6.07, 6.45) is 3.34. The molecular formula is C19H25N. The molecule has 2 rings (SSSR count). The number of nitrogens with two attached hydrogens (primary N) is 1. The van der Waals surface area contributed by atoms with Crippen LogP contribution in [0.4, 0.5) is 0 Å². The van der Waals surface area contributed by atoms with Crippen molar-refractivity contribution in [3.05, 3.63) is 70.8 Å². The summed E-state index contributed by atoms with van der Waals surface area (Å²) in [4.78, 5) is 0. The van der Waals surface area contributed by atoms with Crippen LogP contribution < -0.4 is 5.73 Å². The predicted octanol–water partition coefficient (Wildman–Crippen LogP) is 4.42. The fourth-order valence-corrected chi connectivity index (χ4v) is 2.59. The zero-order valence-electron chi connectivity index (χ0n) is 12.8. The largest absolute Gasteiger partial charge is 0.318 e. The summed E-state index contributed by atoms with van der Waals surface area (Å²) in [5.74, 6) is 0. The molecule has 106 valence electrons. The molecule has 0 fully saturated rings. The van der Waals surface area contributed by atoms with Gasteiger partial charge in [-0.1, -0.05) is 68.8 Å². The van der Waals surface area contributed by atoms with Gasteiger partial charge in [-0.3, -0.25) is 0 Å². The van der Waals surface area contributed by atoms with Crippen molar-refractivity contribution in [1.29, 1.82) is 0 Å². The molecule has 0 spiro atoms. The molecule has 2 N–H and O–H groups in total. The number of hydrogen-bond donors (Lipinski definition) is 1. The lowest BCUT2D eigenvalue weighted by Gasteiger charge is -2.27. The van der Waals surface area contributed by atoms with Gasteiger partial charge in [-0.25, -0.2) is 0 Å². The molecule has 0 aliphatic carbocycles. The molecule has 20 heavy (non-hydrogen) atoms. The first-order chi connectivity index (χ1) is 9.57. The first-order valence-corrected chi connectivity index (χ1v) is 7.55. The van der Waals surface area contributed by atoms with E-state index in [-0.39, 0.29) is 0 Å². The number of hydrogen-bond acceptors (Lipinski definition) is 1. The summed E-state index contributed by atoms with van der Waals surface area (Å²) in [6.45, 7) is 6.47. The van der Waals surface area contributed by atoms with Crippen LogP contribution in [0.3, 0.4) is 0 Å². The second-order valence-electron chi connectivity index (χ2n) is 5.70. The van der Waals surface area contributed by atoms with E-state index >= 15 is 0 Å². The Kier molecular flexibility index (Phi) is 4.61. The van der Waals surface area contributed by atoms with Crippen LogP contribution in [0, 0.1) is 0 Å². The van der Waals surface area contributed by atoms with E-state index in [1.807, 2.05) is 0 Å². The van der Waals surface area contributed by atoms with Gasteiger partial charge < -0.3 is 5.73 Å². The Balaban J connectivity index is 2.34. The van der Waals surface area contributed by atoms with Gasteiger partial charge in [-0.2, -0.15) is 0 Å². The molecule has 0 radical (unpaired) electrons. The molecule has 0 saturated carbocycles. The lowest BCUT2D eigenvalue weighted by Crippen LogP contribution is -2.34. The molecule has 1 nitrogen and oxygen atoms in total. The van der Waals surface area contributed by atoms with E-state index in [2.05, 4.69) is 69.3 Å². The Morgan fingerprint density at radius 2 is 1.60 bits per heavy atom. The van der Waals surface area contributed by atoms with E-state index in [0.29, 0.717) is 0 Å². The number of rotatable bonds is 5. The molecule has 1 unspecified atom stereocenters. The van der Waals surface area contributed by atoms with Gasteiger partial charge in [-0.05, 0) is 42.0 Å². The zero-order chi connectivity index (χ0) is 14.6. The molecule has 2 aromatic carbocycles. The topological polar surface area (TPSA) is 26.0 Å². The first-order valence-electron chi connectivity index (χ1n) is 7.55. The van der Waals surface area contributed by atoms with E-state index in [0.717, 1.165) is 19.3 Å². The molecule has 0 amide bonds. The Hall–Kier alpha value is -1.60. The van der Waals surface area contributed by atoms with Crippen molar-refractivity contribution in [1.82, 2.24) is 0 Å². The first kappa shape index (κ1) is 14.8. The molecule has 0 aliphatic rings. The fourth-order valence-electron chi connectivity index (χ4n) is 2.59. The van der Waals surface area contributed by atoms with Crippen LogP contribution in [0.5, 0.6) is 0 Å². The Morgan fingerprint density at radius 3 is 2.20 bits per heavy atom. The summed E-state index contributed by atoms with van der Waals surface area (Å²) in [5.41, 5.74) is 11.3. The van der Waals surface area contributed by atoms with Gasteiger partial charge in [0.05, 0.1) is 5.54 Å². The van der Waals surface area contributed by atoms with Crippen molar-refractivity contribution in [2.24, 2.45) is 5.73 Å². The van der Waals surface area contributed by atoms with Crippen LogP contribution in [-0.4, -0.2) is 0 Å². The maximum absolute atomic E-state index is 6.62. The van der Waals surface area contributed by atoms with Crippen molar-refractivity contribution in [2.75, 3.05) is 0 Å². The Morgan fingerprint density at radius 1 is 0.900 bits per heavy atom. The smallest absolute Gasteiger partial charge is 0.0637 e. The average Bonchev–Trinajstić information content (AvgIpc) is 2.48. The summed E-state index contributed by atoms with van der Waals surface area (Å²) in [6, 6.07) is 17.3. The molecule has 1 atom stereocenters. The Labute approximate surface area is 122 Å². The van der Waals surface area contributed by atoms with E-state index in [1.54, 1.807) is 0 Å². The lowest BCUT2D eigenvalue weighted by atomic mass is 9.84. The van der Waals surface area contributed by atoms with Crippen molar-refractivity contribution in [3.63, 3.8) is 0 Å². The minimum absolute atomic E-state index is 0.435. The fraction of sp³-hybridized carbons (Fsp3) is 0.368. The van der Waals surface area contributed by atoms with E-state index in [9.17, 15) is 0 Å². The summed E-state index contributed by atoms with van der Waals surface area (Å²) in [7, 11) is 0. The standard InChI is InChI=1S/C19H25N/c1-4-7-16-8-6-9-18(14-16)19(3,20)17-12-10-15(5-2)11-13-17/h6,8-14H,4-5,7,20H2,1-3H3. The molecular weight excluding hydrogens is 242 g/mol. The monoisotopic (exact) mass is 267 g/mol. The molecule has 0 bridgehead atoms. The lowest BCUT2D eigenvalue weighted by molar-refractivity contribution is 0.601.